The van der Waals surface area contributed by atoms with Gasteiger partial charge in [-0.2, -0.15) is 13.2 Å². The number of hydrogen-bond acceptors (Lipinski definition) is 1. The van der Waals surface area contributed by atoms with Gasteiger partial charge in [0.25, 0.3) is 0 Å². The molecule has 0 fully saturated rings. The molecule has 0 saturated heterocycles. The molecule has 0 heterocycles. The van der Waals surface area contributed by atoms with Gasteiger partial charge in [-0.05, 0) is 41.8 Å². The van der Waals surface area contributed by atoms with E-state index in [9.17, 15) is 17.6 Å². The Morgan fingerprint density at radius 3 is 2.37 bits per heavy atom. The second kappa shape index (κ2) is 4.91. The van der Waals surface area contributed by atoms with E-state index in [4.69, 9.17) is 5.73 Å². The minimum Gasteiger partial charge on any atom is -0.399 e. The highest BCUT2D eigenvalue weighted by Gasteiger charge is 2.33. The zero-order valence-corrected chi connectivity index (χ0v) is 9.84. The summed E-state index contributed by atoms with van der Waals surface area (Å²) in [5.74, 6) is -0.471. The van der Waals surface area contributed by atoms with Gasteiger partial charge in [-0.25, -0.2) is 4.39 Å². The topological polar surface area (TPSA) is 26.0 Å². The van der Waals surface area contributed by atoms with Crippen LogP contribution in [-0.4, -0.2) is 0 Å². The summed E-state index contributed by atoms with van der Waals surface area (Å²) in [5, 5.41) is 0. The summed E-state index contributed by atoms with van der Waals surface area (Å²) in [4.78, 5) is 0. The molecular weight excluding hydrogens is 258 g/mol. The van der Waals surface area contributed by atoms with Crippen LogP contribution in [0.2, 0.25) is 0 Å². The van der Waals surface area contributed by atoms with Gasteiger partial charge in [0, 0.05) is 5.69 Å². The minimum atomic E-state index is -4.47. The Balaban J connectivity index is 2.40. The quantitative estimate of drug-likeness (QED) is 0.646. The first kappa shape index (κ1) is 13.4. The smallest absolute Gasteiger partial charge is 0.399 e. The Morgan fingerprint density at radius 1 is 1.00 bits per heavy atom. The van der Waals surface area contributed by atoms with Crippen molar-refractivity contribution < 1.29 is 17.6 Å². The van der Waals surface area contributed by atoms with Crippen molar-refractivity contribution in [1.29, 1.82) is 0 Å². The maximum absolute atomic E-state index is 13.0. The van der Waals surface area contributed by atoms with Gasteiger partial charge in [0.15, 0.2) is 0 Å². The molecule has 5 heteroatoms. The molecule has 0 amide bonds. The van der Waals surface area contributed by atoms with Gasteiger partial charge >= 0.3 is 6.18 Å². The van der Waals surface area contributed by atoms with Gasteiger partial charge in [0.05, 0.1) is 5.56 Å². The first-order valence-electron chi connectivity index (χ1n) is 5.56. The summed E-state index contributed by atoms with van der Waals surface area (Å²) in [6.45, 7) is 0. The lowest BCUT2D eigenvalue weighted by Gasteiger charge is -2.13. The zero-order chi connectivity index (χ0) is 14.0. The second-order valence-electron chi connectivity index (χ2n) is 4.22. The minimum absolute atomic E-state index is 0.00683. The Hall–Kier alpha value is -2.04. The van der Waals surface area contributed by atoms with Gasteiger partial charge < -0.3 is 5.73 Å². The van der Waals surface area contributed by atoms with E-state index in [1.165, 1.54) is 30.3 Å². The van der Waals surface area contributed by atoms with E-state index in [1.807, 2.05) is 0 Å². The summed E-state index contributed by atoms with van der Waals surface area (Å²) in [6.07, 6.45) is -4.47. The van der Waals surface area contributed by atoms with Crippen LogP contribution >= 0.6 is 0 Å². The van der Waals surface area contributed by atoms with Crippen LogP contribution in [0.15, 0.2) is 42.5 Å². The van der Waals surface area contributed by atoms with Gasteiger partial charge in [0.2, 0.25) is 0 Å². The molecule has 100 valence electrons. The van der Waals surface area contributed by atoms with E-state index in [0.29, 0.717) is 5.56 Å². The number of nitrogens with two attached hydrogens (primary N) is 1. The molecule has 0 aliphatic carbocycles. The molecule has 0 saturated carbocycles. The van der Waals surface area contributed by atoms with Gasteiger partial charge in [0.1, 0.15) is 5.82 Å². The molecule has 0 atom stereocenters. The van der Waals surface area contributed by atoms with Crippen LogP contribution in [0.5, 0.6) is 0 Å². The van der Waals surface area contributed by atoms with Crippen LogP contribution in [0.4, 0.5) is 23.2 Å². The van der Waals surface area contributed by atoms with Crippen molar-refractivity contribution in [2.75, 3.05) is 5.73 Å². The molecule has 0 radical (unpaired) electrons. The van der Waals surface area contributed by atoms with E-state index in [0.717, 1.165) is 6.07 Å². The van der Waals surface area contributed by atoms with Crippen LogP contribution in [0, 0.1) is 5.82 Å². The number of alkyl halides is 3. The molecule has 2 aromatic rings. The molecule has 19 heavy (non-hydrogen) atoms. The molecule has 2 aromatic carbocycles. The highest BCUT2D eigenvalue weighted by molar-refractivity contribution is 5.47. The number of anilines is 1. The molecule has 0 aliphatic rings. The van der Waals surface area contributed by atoms with Crippen molar-refractivity contribution in [3.8, 4) is 0 Å². The molecule has 0 spiro atoms. The summed E-state index contributed by atoms with van der Waals surface area (Å²) in [6, 6.07) is 9.14. The van der Waals surface area contributed by atoms with Crippen molar-refractivity contribution >= 4 is 5.69 Å². The number of hydrogen-bond donors (Lipinski definition) is 1. The predicted octanol–water partition coefficient (Wildman–Crippen LogP) is 4.02. The average molecular weight is 269 g/mol. The molecule has 1 nitrogen and oxygen atoms in total. The number of halogens is 4. The van der Waals surface area contributed by atoms with Gasteiger partial charge in [-0.3, -0.25) is 0 Å². The molecular formula is C14H11F4N. The number of nitrogen functional groups attached to an aromatic ring is 1. The van der Waals surface area contributed by atoms with E-state index >= 15 is 0 Å². The van der Waals surface area contributed by atoms with Crippen molar-refractivity contribution in [1.82, 2.24) is 0 Å². The predicted molar refractivity (Wildman–Crippen MR) is 65.1 cm³/mol. The zero-order valence-electron chi connectivity index (χ0n) is 9.84. The van der Waals surface area contributed by atoms with Crippen molar-refractivity contribution in [2.45, 2.75) is 12.6 Å². The Bertz CT molecular complexity index is 590. The fourth-order valence-electron chi connectivity index (χ4n) is 1.88. The third-order valence-electron chi connectivity index (χ3n) is 2.72. The Labute approximate surface area is 107 Å². The first-order valence-corrected chi connectivity index (χ1v) is 5.56. The van der Waals surface area contributed by atoms with Crippen molar-refractivity contribution in [3.05, 3.63) is 65.0 Å². The summed E-state index contributed by atoms with van der Waals surface area (Å²) in [7, 11) is 0. The Kier molecular flexibility index (Phi) is 3.46. The normalized spacial score (nSPS) is 11.6. The molecule has 0 aromatic heterocycles. The van der Waals surface area contributed by atoms with Gasteiger partial charge in [-0.15, -0.1) is 0 Å². The summed E-state index contributed by atoms with van der Waals surface area (Å²) in [5.41, 5.74) is 5.21. The SMILES string of the molecule is Nc1ccc(Cc2cccc(F)c2)c(C(F)(F)F)c1. The Morgan fingerprint density at radius 2 is 1.74 bits per heavy atom. The third kappa shape index (κ3) is 3.24. The lowest BCUT2D eigenvalue weighted by molar-refractivity contribution is -0.138. The standard InChI is InChI=1S/C14H11F4N/c15-11-3-1-2-9(7-11)6-10-4-5-12(19)8-13(10)14(16,17)18/h1-5,7-8H,6,19H2. The van der Waals surface area contributed by atoms with Crippen LogP contribution in [-0.2, 0) is 12.6 Å². The largest absolute Gasteiger partial charge is 0.416 e. The summed E-state index contributed by atoms with van der Waals surface area (Å²) < 4.78 is 51.7. The lowest BCUT2D eigenvalue weighted by atomic mass is 9.99. The van der Waals surface area contributed by atoms with E-state index in [2.05, 4.69) is 0 Å². The number of rotatable bonds is 2. The fraction of sp³-hybridized carbons (Fsp3) is 0.143. The van der Waals surface area contributed by atoms with E-state index in [1.54, 1.807) is 6.07 Å². The molecule has 0 bridgehead atoms. The maximum Gasteiger partial charge on any atom is 0.416 e. The van der Waals surface area contributed by atoms with E-state index < -0.39 is 17.6 Å². The monoisotopic (exact) mass is 269 g/mol. The van der Waals surface area contributed by atoms with Crippen LogP contribution in [0.25, 0.3) is 0 Å². The van der Waals surface area contributed by atoms with E-state index in [-0.39, 0.29) is 17.7 Å². The van der Waals surface area contributed by atoms with Crippen LogP contribution < -0.4 is 5.73 Å². The second-order valence-corrected chi connectivity index (χ2v) is 4.22. The van der Waals surface area contributed by atoms with Crippen LogP contribution in [0.1, 0.15) is 16.7 Å². The summed E-state index contributed by atoms with van der Waals surface area (Å²) >= 11 is 0. The first-order chi connectivity index (χ1) is 8.86. The molecule has 0 unspecified atom stereocenters. The highest BCUT2D eigenvalue weighted by atomic mass is 19.4. The molecule has 2 N–H and O–H groups in total. The third-order valence-corrected chi connectivity index (χ3v) is 2.72. The van der Waals surface area contributed by atoms with Crippen LogP contribution in [0.3, 0.4) is 0 Å². The number of benzene rings is 2. The maximum atomic E-state index is 13.0. The molecule has 0 aliphatic heterocycles. The van der Waals surface area contributed by atoms with Crippen molar-refractivity contribution in [3.63, 3.8) is 0 Å². The fourth-order valence-corrected chi connectivity index (χ4v) is 1.88. The van der Waals surface area contributed by atoms with Crippen molar-refractivity contribution in [2.24, 2.45) is 0 Å². The average Bonchev–Trinajstić information content (AvgIpc) is 2.30. The highest BCUT2D eigenvalue weighted by Crippen LogP contribution is 2.34. The van der Waals surface area contributed by atoms with Gasteiger partial charge in [-0.1, -0.05) is 18.2 Å². The molecule has 2 rings (SSSR count). The lowest BCUT2D eigenvalue weighted by Crippen LogP contribution is -2.10.